The molecular formula is C22H36F3NO5Si. The highest BCUT2D eigenvalue weighted by Gasteiger charge is 2.41. The maximum atomic E-state index is 13.8. The second kappa shape index (κ2) is 10.9. The molecule has 1 amide bonds. The van der Waals surface area contributed by atoms with Crippen LogP contribution in [0.3, 0.4) is 0 Å². The Kier molecular flexibility index (Phi) is 9.61. The molecule has 0 unspecified atom stereocenters. The normalized spacial score (nSPS) is 14.8. The molecule has 0 bridgehead atoms. The maximum Gasteiger partial charge on any atom is 0.407 e. The first-order chi connectivity index (χ1) is 14.4. The predicted molar refractivity (Wildman–Crippen MR) is 119 cm³/mol. The molecule has 32 heavy (non-hydrogen) atoms. The van der Waals surface area contributed by atoms with Gasteiger partial charge in [0.2, 0.25) is 0 Å². The largest absolute Gasteiger partial charge is 0.444 e. The Balaban J connectivity index is 3.23. The van der Waals surface area contributed by atoms with E-state index in [4.69, 9.17) is 9.16 Å². The monoisotopic (exact) mass is 479 g/mol. The van der Waals surface area contributed by atoms with Gasteiger partial charge in [-0.1, -0.05) is 26.8 Å². The van der Waals surface area contributed by atoms with Gasteiger partial charge in [-0.05, 0) is 63.0 Å². The molecule has 0 aliphatic heterocycles. The first kappa shape index (κ1) is 28.2. The number of rotatable bonds is 9. The molecule has 2 N–H and O–H groups in total. The van der Waals surface area contributed by atoms with Crippen molar-refractivity contribution < 1.29 is 37.0 Å². The van der Waals surface area contributed by atoms with E-state index in [1.165, 1.54) is 6.07 Å². The van der Waals surface area contributed by atoms with Crippen molar-refractivity contribution in [2.75, 3.05) is 6.61 Å². The fourth-order valence-corrected chi connectivity index (χ4v) is 4.00. The lowest BCUT2D eigenvalue weighted by Gasteiger charge is -2.41. The van der Waals surface area contributed by atoms with Gasteiger partial charge in [0, 0.05) is 0 Å². The van der Waals surface area contributed by atoms with E-state index in [1.807, 2.05) is 33.9 Å². The molecule has 0 saturated carbocycles. The fourth-order valence-electron chi connectivity index (χ4n) is 2.65. The Morgan fingerprint density at radius 1 is 1.16 bits per heavy atom. The lowest BCUT2D eigenvalue weighted by atomic mass is 10.0. The van der Waals surface area contributed by atoms with E-state index in [2.05, 4.69) is 10.1 Å². The van der Waals surface area contributed by atoms with Gasteiger partial charge in [0.1, 0.15) is 5.60 Å². The molecular weight excluding hydrogens is 443 g/mol. The number of halogens is 3. The summed E-state index contributed by atoms with van der Waals surface area (Å²) in [7, 11) is -2.34. The fraction of sp³-hybridized carbons (Fsp3) is 0.682. The summed E-state index contributed by atoms with van der Waals surface area (Å²) in [5.74, 6) is -1.53. The van der Waals surface area contributed by atoms with E-state index in [1.54, 1.807) is 20.8 Å². The minimum Gasteiger partial charge on any atom is -0.444 e. The quantitative estimate of drug-likeness (QED) is 0.474. The van der Waals surface area contributed by atoms with Crippen LogP contribution < -0.4 is 10.1 Å². The molecule has 0 heterocycles. The molecule has 6 nitrogen and oxygen atoms in total. The van der Waals surface area contributed by atoms with Crippen molar-refractivity contribution in [2.24, 2.45) is 0 Å². The van der Waals surface area contributed by atoms with Gasteiger partial charge < -0.3 is 24.3 Å². The summed E-state index contributed by atoms with van der Waals surface area (Å²) in [6.45, 7) is 11.7. The summed E-state index contributed by atoms with van der Waals surface area (Å²) < 4.78 is 54.9. The van der Waals surface area contributed by atoms with E-state index >= 15 is 0 Å². The molecule has 0 saturated heterocycles. The van der Waals surface area contributed by atoms with Crippen LogP contribution in [-0.2, 0) is 15.6 Å². The molecule has 1 aromatic rings. The molecule has 0 aliphatic carbocycles. The highest BCUT2D eigenvalue weighted by Crippen LogP contribution is 2.38. The molecule has 0 radical (unpaired) electrons. The zero-order chi connectivity index (χ0) is 24.9. The maximum absolute atomic E-state index is 13.8. The number of carbonyl (C=O) groups is 1. The average Bonchev–Trinajstić information content (AvgIpc) is 2.59. The van der Waals surface area contributed by atoms with Gasteiger partial charge in [0.05, 0.1) is 18.8 Å². The van der Waals surface area contributed by atoms with Crippen molar-refractivity contribution in [3.05, 3.63) is 29.6 Å². The van der Waals surface area contributed by atoms with Crippen LogP contribution in [0, 0.1) is 5.82 Å². The molecule has 1 rings (SSSR count). The summed E-state index contributed by atoms with van der Waals surface area (Å²) in [5.41, 5.74) is -0.335. The number of alkyl halides is 2. The van der Waals surface area contributed by atoms with E-state index in [-0.39, 0.29) is 11.5 Å². The number of ether oxygens (including phenoxy) is 2. The molecule has 2 atom stereocenters. The summed E-state index contributed by atoms with van der Waals surface area (Å²) in [6, 6.07) is 2.79. The molecule has 10 heteroatoms. The van der Waals surface area contributed by atoms with Crippen molar-refractivity contribution in [1.29, 1.82) is 0 Å². The molecule has 1 aromatic carbocycles. The highest BCUT2D eigenvalue weighted by molar-refractivity contribution is 6.74. The Morgan fingerprint density at radius 2 is 1.75 bits per heavy atom. The molecule has 184 valence electrons. The summed E-state index contributed by atoms with van der Waals surface area (Å²) in [4.78, 5) is 12.5. The van der Waals surface area contributed by atoms with Crippen molar-refractivity contribution >= 4 is 14.4 Å². The van der Waals surface area contributed by atoms with Crippen molar-refractivity contribution in [3.63, 3.8) is 0 Å². The first-order valence-corrected chi connectivity index (χ1v) is 13.4. The van der Waals surface area contributed by atoms with Crippen LogP contribution in [0.1, 0.15) is 47.1 Å². The third-order valence-electron chi connectivity index (χ3n) is 5.25. The average molecular weight is 480 g/mol. The Morgan fingerprint density at radius 3 is 2.22 bits per heavy atom. The second-order valence-corrected chi connectivity index (χ2v) is 15.0. The minimum atomic E-state index is -3.18. The number of hydrogen-bond acceptors (Lipinski definition) is 5. The summed E-state index contributed by atoms with van der Waals surface area (Å²) in [6.07, 6.45) is -1.45. The number of nitrogens with one attached hydrogen (secondary N) is 1. The Labute approximate surface area is 189 Å². The zero-order valence-corrected chi connectivity index (χ0v) is 21.1. The summed E-state index contributed by atoms with van der Waals surface area (Å²) >= 11 is 0. The SMILES string of the molecule is CC(C)(C)OC(=O)N[C@@H](Cc1ccc(F)c(OC(F)F)c1)[C@H](CO)O[Si](C)(C)C(C)(C)C. The smallest absolute Gasteiger partial charge is 0.407 e. The van der Waals surface area contributed by atoms with Crippen LogP contribution in [0.5, 0.6) is 5.75 Å². The Bertz CT molecular complexity index is 763. The number of amides is 1. The van der Waals surface area contributed by atoms with Gasteiger partial charge in [-0.2, -0.15) is 8.78 Å². The number of aliphatic hydroxyl groups excluding tert-OH is 1. The van der Waals surface area contributed by atoms with Gasteiger partial charge in [-0.3, -0.25) is 0 Å². The number of hydrogen-bond donors (Lipinski definition) is 2. The second-order valence-electron chi connectivity index (χ2n) is 10.2. The van der Waals surface area contributed by atoms with E-state index in [0.717, 1.165) is 12.1 Å². The van der Waals surface area contributed by atoms with Crippen molar-refractivity contribution in [3.8, 4) is 5.75 Å². The van der Waals surface area contributed by atoms with Crippen LogP contribution in [0.25, 0.3) is 0 Å². The van der Waals surface area contributed by atoms with Gasteiger partial charge in [-0.25, -0.2) is 9.18 Å². The lowest BCUT2D eigenvalue weighted by molar-refractivity contribution is -0.0522. The van der Waals surface area contributed by atoms with E-state index < -0.39 is 56.9 Å². The first-order valence-electron chi connectivity index (χ1n) is 10.5. The van der Waals surface area contributed by atoms with Crippen molar-refractivity contribution in [2.45, 2.75) is 90.5 Å². The topological polar surface area (TPSA) is 77.0 Å². The standard InChI is InChI=1S/C22H36F3NO5Si/c1-21(2,3)30-20(28)26-16(18(13-27)31-32(7,8)22(4,5)6)11-14-9-10-15(23)17(12-14)29-19(24)25/h9-10,12,16,18-19,27H,11,13H2,1-8H3,(H,26,28)/t16-,18-/m0/s1. The number of aliphatic hydroxyl groups is 1. The van der Waals surface area contributed by atoms with Crippen LogP contribution in [-0.4, -0.2) is 50.5 Å². The van der Waals surface area contributed by atoms with Crippen LogP contribution >= 0.6 is 0 Å². The molecule has 0 aromatic heterocycles. The minimum absolute atomic E-state index is 0.0684. The number of benzene rings is 1. The summed E-state index contributed by atoms with van der Waals surface area (Å²) in [5, 5.41) is 12.6. The van der Waals surface area contributed by atoms with E-state index in [9.17, 15) is 23.1 Å². The van der Waals surface area contributed by atoms with E-state index in [0.29, 0.717) is 5.56 Å². The van der Waals surface area contributed by atoms with Gasteiger partial charge in [-0.15, -0.1) is 0 Å². The third kappa shape index (κ3) is 8.99. The molecule has 0 spiro atoms. The zero-order valence-electron chi connectivity index (χ0n) is 20.1. The highest BCUT2D eigenvalue weighted by atomic mass is 28.4. The van der Waals surface area contributed by atoms with Crippen LogP contribution in [0.4, 0.5) is 18.0 Å². The van der Waals surface area contributed by atoms with Gasteiger partial charge in [0.15, 0.2) is 19.9 Å². The van der Waals surface area contributed by atoms with Crippen LogP contribution in [0.2, 0.25) is 18.1 Å². The Hall–Kier alpha value is -1.78. The predicted octanol–water partition coefficient (Wildman–Crippen LogP) is 5.25. The molecule has 0 fully saturated rings. The van der Waals surface area contributed by atoms with Crippen molar-refractivity contribution in [1.82, 2.24) is 5.32 Å². The number of alkyl carbamates (subject to hydrolysis) is 1. The van der Waals surface area contributed by atoms with Gasteiger partial charge >= 0.3 is 12.7 Å². The third-order valence-corrected chi connectivity index (χ3v) is 9.75. The number of carbonyl (C=O) groups excluding carboxylic acids is 1. The lowest BCUT2D eigenvalue weighted by Crippen LogP contribution is -2.54. The van der Waals surface area contributed by atoms with Gasteiger partial charge in [0.25, 0.3) is 0 Å². The molecule has 0 aliphatic rings. The van der Waals surface area contributed by atoms with Crippen LogP contribution in [0.15, 0.2) is 18.2 Å².